The summed E-state index contributed by atoms with van der Waals surface area (Å²) < 4.78 is 25.2. The summed E-state index contributed by atoms with van der Waals surface area (Å²) in [7, 11) is -3.25. The smallest absolute Gasteiger partial charge is 0.226 e. The molecule has 1 aliphatic heterocycles. The predicted molar refractivity (Wildman–Crippen MR) is 70.7 cm³/mol. The average molecular weight is 277 g/mol. The predicted octanol–water partition coefficient (Wildman–Crippen LogP) is -0.568. The molecule has 6 nitrogen and oxygen atoms in total. The van der Waals surface area contributed by atoms with E-state index in [1.54, 1.807) is 6.92 Å². The molecule has 1 fully saturated rings. The van der Waals surface area contributed by atoms with Crippen molar-refractivity contribution in [1.82, 2.24) is 15.4 Å². The third-order valence-corrected chi connectivity index (χ3v) is 4.75. The lowest BCUT2D eigenvalue weighted by atomic mass is 9.80. The van der Waals surface area contributed by atoms with Crippen LogP contribution in [0.3, 0.4) is 0 Å². The Morgan fingerprint density at radius 3 is 2.50 bits per heavy atom. The van der Waals surface area contributed by atoms with E-state index in [1.165, 1.54) is 0 Å². The minimum atomic E-state index is -3.25. The molecule has 7 heteroatoms. The maximum atomic E-state index is 12.0. The highest BCUT2D eigenvalue weighted by Gasteiger charge is 2.34. The molecule has 1 aliphatic rings. The first-order valence-corrected chi connectivity index (χ1v) is 8.01. The summed E-state index contributed by atoms with van der Waals surface area (Å²) in [6, 6.07) is 0. The second-order valence-electron chi connectivity index (χ2n) is 4.88. The highest BCUT2D eigenvalue weighted by Crippen LogP contribution is 2.27. The fourth-order valence-corrected chi connectivity index (χ4v) is 2.96. The van der Waals surface area contributed by atoms with Gasteiger partial charge in [-0.15, -0.1) is 0 Å². The minimum Gasteiger partial charge on any atom is -0.355 e. The number of amides is 1. The maximum Gasteiger partial charge on any atom is 0.226 e. The van der Waals surface area contributed by atoms with Gasteiger partial charge in [0.2, 0.25) is 15.9 Å². The summed E-state index contributed by atoms with van der Waals surface area (Å²) in [5, 5.41) is 5.93. The Bertz CT molecular complexity index is 375. The quantitative estimate of drug-likeness (QED) is 0.607. The van der Waals surface area contributed by atoms with Crippen LogP contribution in [0.4, 0.5) is 0 Å². The molecule has 106 valence electrons. The van der Waals surface area contributed by atoms with Crippen LogP contribution >= 0.6 is 0 Å². The van der Waals surface area contributed by atoms with Crippen LogP contribution in [-0.4, -0.2) is 46.3 Å². The first-order chi connectivity index (χ1) is 8.40. The molecule has 1 heterocycles. The van der Waals surface area contributed by atoms with Crippen LogP contribution in [-0.2, 0) is 14.8 Å². The summed E-state index contributed by atoms with van der Waals surface area (Å²) in [5.74, 6) is -0.114. The molecule has 0 aliphatic carbocycles. The number of piperidine rings is 1. The van der Waals surface area contributed by atoms with E-state index in [0.29, 0.717) is 6.54 Å². The Hall–Kier alpha value is -0.660. The molecule has 0 radical (unpaired) electrons. The van der Waals surface area contributed by atoms with Crippen molar-refractivity contribution in [2.75, 3.05) is 31.9 Å². The number of sulfonamides is 1. The summed E-state index contributed by atoms with van der Waals surface area (Å²) in [5.41, 5.74) is -0.368. The van der Waals surface area contributed by atoms with E-state index in [9.17, 15) is 13.2 Å². The standard InChI is InChI=1S/C11H23N3O3S/c1-3-14-18(16,17)9-8-13-10(15)11(2)4-6-12-7-5-11/h12,14H,3-9H2,1-2H3,(H,13,15). The SMILES string of the molecule is CCNS(=O)(=O)CCNC(=O)C1(C)CCNCC1. The lowest BCUT2D eigenvalue weighted by Crippen LogP contribution is -2.47. The van der Waals surface area contributed by atoms with Crippen LogP contribution in [0.25, 0.3) is 0 Å². The number of hydrogen-bond donors (Lipinski definition) is 3. The first-order valence-electron chi connectivity index (χ1n) is 6.36. The first kappa shape index (κ1) is 15.4. The molecule has 0 aromatic carbocycles. The second kappa shape index (κ2) is 6.49. The summed E-state index contributed by atoms with van der Waals surface area (Å²) in [6.45, 7) is 5.87. The zero-order valence-corrected chi connectivity index (χ0v) is 11.9. The fourth-order valence-electron chi connectivity index (χ4n) is 2.01. The van der Waals surface area contributed by atoms with Gasteiger partial charge >= 0.3 is 0 Å². The van der Waals surface area contributed by atoms with Crippen LogP contribution in [0.2, 0.25) is 0 Å². The van der Waals surface area contributed by atoms with Gasteiger partial charge in [0.05, 0.1) is 5.75 Å². The van der Waals surface area contributed by atoms with Crippen molar-refractivity contribution < 1.29 is 13.2 Å². The van der Waals surface area contributed by atoms with Crippen molar-refractivity contribution in [3.8, 4) is 0 Å². The Morgan fingerprint density at radius 1 is 1.33 bits per heavy atom. The molecule has 1 saturated heterocycles. The van der Waals surface area contributed by atoms with Gasteiger partial charge in [-0.1, -0.05) is 13.8 Å². The molecule has 0 spiro atoms. The number of carbonyl (C=O) groups excluding carboxylic acids is 1. The molecule has 0 bridgehead atoms. The van der Waals surface area contributed by atoms with Crippen molar-refractivity contribution in [1.29, 1.82) is 0 Å². The Labute approximate surface area is 109 Å². The molecule has 0 aromatic rings. The second-order valence-corrected chi connectivity index (χ2v) is 6.81. The normalized spacial score (nSPS) is 19.4. The van der Waals surface area contributed by atoms with Crippen molar-refractivity contribution in [2.45, 2.75) is 26.7 Å². The molecule has 0 saturated carbocycles. The van der Waals surface area contributed by atoms with E-state index in [4.69, 9.17) is 0 Å². The third kappa shape index (κ3) is 4.55. The van der Waals surface area contributed by atoms with Crippen LogP contribution < -0.4 is 15.4 Å². The van der Waals surface area contributed by atoms with Gasteiger partial charge in [0, 0.05) is 18.5 Å². The van der Waals surface area contributed by atoms with Crippen LogP contribution in [0.15, 0.2) is 0 Å². The number of rotatable bonds is 6. The largest absolute Gasteiger partial charge is 0.355 e. The van der Waals surface area contributed by atoms with Gasteiger partial charge in [-0.3, -0.25) is 4.79 Å². The highest BCUT2D eigenvalue weighted by molar-refractivity contribution is 7.89. The molecule has 0 aromatic heterocycles. The molecule has 0 atom stereocenters. The van der Waals surface area contributed by atoms with Crippen molar-refractivity contribution in [3.63, 3.8) is 0 Å². The van der Waals surface area contributed by atoms with E-state index < -0.39 is 10.0 Å². The highest BCUT2D eigenvalue weighted by atomic mass is 32.2. The Morgan fingerprint density at radius 2 is 1.94 bits per heavy atom. The summed E-state index contributed by atoms with van der Waals surface area (Å²) >= 11 is 0. The van der Waals surface area contributed by atoms with Gasteiger partial charge in [-0.2, -0.15) is 0 Å². The maximum absolute atomic E-state index is 12.0. The van der Waals surface area contributed by atoms with E-state index >= 15 is 0 Å². The average Bonchev–Trinajstić information content (AvgIpc) is 2.29. The van der Waals surface area contributed by atoms with Crippen LogP contribution in [0.1, 0.15) is 26.7 Å². The van der Waals surface area contributed by atoms with Crippen molar-refractivity contribution in [2.24, 2.45) is 5.41 Å². The van der Waals surface area contributed by atoms with E-state index in [-0.39, 0.29) is 23.6 Å². The lowest BCUT2D eigenvalue weighted by Gasteiger charge is -2.32. The number of carbonyl (C=O) groups is 1. The molecular formula is C11H23N3O3S. The Balaban J connectivity index is 2.37. The van der Waals surface area contributed by atoms with Gasteiger partial charge in [-0.25, -0.2) is 13.1 Å². The van der Waals surface area contributed by atoms with Crippen LogP contribution in [0, 0.1) is 5.41 Å². The molecule has 18 heavy (non-hydrogen) atoms. The Kier molecular flexibility index (Phi) is 5.55. The van der Waals surface area contributed by atoms with Crippen molar-refractivity contribution >= 4 is 15.9 Å². The number of nitrogens with one attached hydrogen (secondary N) is 3. The topological polar surface area (TPSA) is 87.3 Å². The zero-order valence-electron chi connectivity index (χ0n) is 11.1. The molecule has 0 unspecified atom stereocenters. The van der Waals surface area contributed by atoms with Gasteiger partial charge in [0.15, 0.2) is 0 Å². The van der Waals surface area contributed by atoms with Gasteiger partial charge in [-0.05, 0) is 25.9 Å². The monoisotopic (exact) mass is 277 g/mol. The zero-order chi connectivity index (χ0) is 13.6. The minimum absolute atomic E-state index is 0.0456. The van der Waals surface area contributed by atoms with Crippen LogP contribution in [0.5, 0.6) is 0 Å². The summed E-state index contributed by atoms with van der Waals surface area (Å²) in [6.07, 6.45) is 1.58. The van der Waals surface area contributed by atoms with Crippen molar-refractivity contribution in [3.05, 3.63) is 0 Å². The molecule has 3 N–H and O–H groups in total. The van der Waals surface area contributed by atoms with Gasteiger partial charge < -0.3 is 10.6 Å². The van der Waals surface area contributed by atoms with Gasteiger partial charge in [0.1, 0.15) is 0 Å². The molecule has 1 rings (SSSR count). The lowest BCUT2D eigenvalue weighted by molar-refractivity contribution is -0.131. The molecule has 1 amide bonds. The van der Waals surface area contributed by atoms with E-state index in [0.717, 1.165) is 25.9 Å². The third-order valence-electron chi connectivity index (χ3n) is 3.28. The number of hydrogen-bond acceptors (Lipinski definition) is 4. The van der Waals surface area contributed by atoms with E-state index in [1.807, 2.05) is 6.92 Å². The molecular weight excluding hydrogens is 254 g/mol. The fraction of sp³-hybridized carbons (Fsp3) is 0.909. The summed E-state index contributed by atoms with van der Waals surface area (Å²) in [4.78, 5) is 12.0. The van der Waals surface area contributed by atoms with E-state index in [2.05, 4.69) is 15.4 Å². The van der Waals surface area contributed by atoms with Gasteiger partial charge in [0.25, 0.3) is 0 Å².